The Kier molecular flexibility index (Phi) is 6.69. The number of hydrogen-bond acceptors (Lipinski definition) is 5. The molecule has 2 aromatic rings. The molecule has 0 radical (unpaired) electrons. The number of benzene rings is 1. The molecule has 1 aromatic carbocycles. The fraction of sp³-hybridized carbons (Fsp3) is 0.565. The molecule has 7 heteroatoms. The third kappa shape index (κ3) is 4.84. The first-order valence-electron chi connectivity index (χ1n) is 11.0. The molecule has 1 N–H and O–H groups in total. The van der Waals surface area contributed by atoms with E-state index >= 15 is 0 Å². The number of aryl methyl sites for hydroxylation is 1. The summed E-state index contributed by atoms with van der Waals surface area (Å²) >= 11 is 0. The number of nitrogens with one attached hydrogen (secondary N) is 1. The van der Waals surface area contributed by atoms with E-state index < -0.39 is 0 Å². The quantitative estimate of drug-likeness (QED) is 0.721. The smallest absolute Gasteiger partial charge is 0.224 e. The Bertz CT molecular complexity index is 862. The van der Waals surface area contributed by atoms with Crippen LogP contribution in [0.15, 0.2) is 24.3 Å². The molecule has 1 aromatic heterocycles. The van der Waals surface area contributed by atoms with Gasteiger partial charge in [0.2, 0.25) is 5.91 Å². The maximum atomic E-state index is 12.5. The number of rotatable bonds is 8. The summed E-state index contributed by atoms with van der Waals surface area (Å²) in [7, 11) is 0. The largest absolute Gasteiger partial charge is 0.494 e. The van der Waals surface area contributed by atoms with Gasteiger partial charge < -0.3 is 14.8 Å². The topological polar surface area (TPSA) is 68.6 Å². The molecule has 1 saturated heterocycles. The highest BCUT2D eigenvalue weighted by atomic mass is 16.5. The molecule has 1 amide bonds. The van der Waals surface area contributed by atoms with Crippen molar-refractivity contribution in [1.82, 2.24) is 20.0 Å². The van der Waals surface area contributed by atoms with Crippen molar-refractivity contribution in [2.75, 3.05) is 26.3 Å². The number of ether oxygens (including phenoxy) is 2. The SMILES string of the molecule is CCOc1ccc(CC(=O)NC2CCN(Cc3nn(CC)c4c3COCC4)C2)cc1. The van der Waals surface area contributed by atoms with Gasteiger partial charge in [-0.15, -0.1) is 0 Å². The Hall–Kier alpha value is -2.38. The van der Waals surface area contributed by atoms with Crippen LogP contribution >= 0.6 is 0 Å². The van der Waals surface area contributed by atoms with Crippen LogP contribution in [0.3, 0.4) is 0 Å². The second-order valence-electron chi connectivity index (χ2n) is 8.03. The van der Waals surface area contributed by atoms with Gasteiger partial charge in [0.15, 0.2) is 0 Å². The molecule has 2 aliphatic rings. The average molecular weight is 413 g/mol. The molecular formula is C23H32N4O3. The predicted molar refractivity (Wildman–Crippen MR) is 114 cm³/mol. The second-order valence-corrected chi connectivity index (χ2v) is 8.03. The summed E-state index contributed by atoms with van der Waals surface area (Å²) in [5, 5.41) is 8.03. The number of hydrogen-bond donors (Lipinski definition) is 1. The van der Waals surface area contributed by atoms with Crippen molar-refractivity contribution in [2.24, 2.45) is 0 Å². The van der Waals surface area contributed by atoms with Crippen molar-refractivity contribution < 1.29 is 14.3 Å². The number of likely N-dealkylation sites (tertiary alicyclic amines) is 1. The first-order valence-corrected chi connectivity index (χ1v) is 11.0. The van der Waals surface area contributed by atoms with Crippen LogP contribution in [0.4, 0.5) is 0 Å². The van der Waals surface area contributed by atoms with Crippen LogP contribution < -0.4 is 10.1 Å². The summed E-state index contributed by atoms with van der Waals surface area (Å²) in [6.07, 6.45) is 2.32. The Morgan fingerprint density at radius 1 is 1.30 bits per heavy atom. The van der Waals surface area contributed by atoms with Crippen molar-refractivity contribution in [3.8, 4) is 5.75 Å². The summed E-state index contributed by atoms with van der Waals surface area (Å²) in [5.41, 5.74) is 4.74. The van der Waals surface area contributed by atoms with Crippen LogP contribution in [0.1, 0.15) is 42.8 Å². The number of nitrogens with zero attached hydrogens (tertiary/aromatic N) is 3. The highest BCUT2D eigenvalue weighted by Crippen LogP contribution is 2.23. The Balaban J connectivity index is 1.28. The van der Waals surface area contributed by atoms with E-state index in [1.807, 2.05) is 31.2 Å². The highest BCUT2D eigenvalue weighted by molar-refractivity contribution is 5.79. The van der Waals surface area contributed by atoms with Gasteiger partial charge in [0.25, 0.3) is 0 Å². The maximum Gasteiger partial charge on any atom is 0.224 e. The minimum atomic E-state index is 0.0760. The predicted octanol–water partition coefficient (Wildman–Crippen LogP) is 2.31. The summed E-state index contributed by atoms with van der Waals surface area (Å²) in [4.78, 5) is 14.9. The Morgan fingerprint density at radius 2 is 2.13 bits per heavy atom. The number of carbonyl (C=O) groups excluding carboxylic acids is 1. The van der Waals surface area contributed by atoms with E-state index in [0.717, 1.165) is 62.6 Å². The molecule has 4 rings (SSSR count). The van der Waals surface area contributed by atoms with E-state index in [2.05, 4.69) is 21.8 Å². The second kappa shape index (κ2) is 9.62. The van der Waals surface area contributed by atoms with E-state index in [9.17, 15) is 4.79 Å². The van der Waals surface area contributed by atoms with E-state index in [0.29, 0.717) is 19.6 Å². The van der Waals surface area contributed by atoms with Crippen LogP contribution in [0.2, 0.25) is 0 Å². The summed E-state index contributed by atoms with van der Waals surface area (Å²) in [6, 6.07) is 7.95. The zero-order chi connectivity index (χ0) is 20.9. The molecule has 2 aliphatic heterocycles. The fourth-order valence-electron chi connectivity index (χ4n) is 4.41. The van der Waals surface area contributed by atoms with E-state index in [1.54, 1.807) is 0 Å². The van der Waals surface area contributed by atoms with Gasteiger partial charge in [0.1, 0.15) is 5.75 Å². The van der Waals surface area contributed by atoms with Crippen molar-refractivity contribution in [3.63, 3.8) is 0 Å². The zero-order valence-electron chi connectivity index (χ0n) is 18.0. The van der Waals surface area contributed by atoms with Gasteiger partial charge in [0, 0.05) is 49.9 Å². The van der Waals surface area contributed by atoms with Gasteiger partial charge in [0.05, 0.1) is 31.9 Å². The van der Waals surface area contributed by atoms with Crippen molar-refractivity contribution in [3.05, 3.63) is 46.8 Å². The van der Waals surface area contributed by atoms with E-state index in [-0.39, 0.29) is 11.9 Å². The van der Waals surface area contributed by atoms with Gasteiger partial charge in [-0.3, -0.25) is 14.4 Å². The van der Waals surface area contributed by atoms with Gasteiger partial charge in [-0.25, -0.2) is 0 Å². The molecule has 1 unspecified atom stereocenters. The monoisotopic (exact) mass is 412 g/mol. The van der Waals surface area contributed by atoms with E-state index in [1.165, 1.54) is 11.3 Å². The Morgan fingerprint density at radius 3 is 2.90 bits per heavy atom. The standard InChI is InChI=1S/C23H32N4O3/c1-3-27-22-10-12-29-16-20(22)21(25-27)15-26-11-9-18(14-26)24-23(28)13-17-5-7-19(8-6-17)30-4-2/h5-8,18H,3-4,9-16H2,1-2H3,(H,24,28). The molecular weight excluding hydrogens is 380 g/mol. The minimum absolute atomic E-state index is 0.0760. The Labute approximate surface area is 178 Å². The number of aromatic nitrogens is 2. The van der Waals surface area contributed by atoms with Gasteiger partial charge in [-0.2, -0.15) is 5.10 Å². The lowest BCUT2D eigenvalue weighted by atomic mass is 10.1. The van der Waals surface area contributed by atoms with Crippen LogP contribution in [0.5, 0.6) is 5.75 Å². The van der Waals surface area contributed by atoms with Gasteiger partial charge >= 0.3 is 0 Å². The van der Waals surface area contributed by atoms with Crippen molar-refractivity contribution in [1.29, 1.82) is 0 Å². The molecule has 0 spiro atoms. The van der Waals surface area contributed by atoms with Crippen molar-refractivity contribution in [2.45, 2.75) is 58.8 Å². The number of fused-ring (bicyclic) bond motifs is 1. The molecule has 162 valence electrons. The van der Waals surface area contributed by atoms with Crippen LogP contribution in [-0.4, -0.2) is 52.9 Å². The van der Waals surface area contributed by atoms with Crippen molar-refractivity contribution >= 4 is 5.91 Å². The fourth-order valence-corrected chi connectivity index (χ4v) is 4.41. The number of carbonyl (C=O) groups is 1. The molecule has 0 bridgehead atoms. The minimum Gasteiger partial charge on any atom is -0.494 e. The molecule has 1 atom stereocenters. The molecule has 3 heterocycles. The summed E-state index contributed by atoms with van der Waals surface area (Å²) < 4.78 is 13.3. The first-order chi connectivity index (χ1) is 14.7. The first kappa shape index (κ1) is 20.9. The highest BCUT2D eigenvalue weighted by Gasteiger charge is 2.27. The maximum absolute atomic E-state index is 12.5. The normalized spacial score (nSPS) is 18.9. The third-order valence-electron chi connectivity index (χ3n) is 5.89. The third-order valence-corrected chi connectivity index (χ3v) is 5.89. The molecule has 1 fully saturated rings. The van der Waals surface area contributed by atoms with Crippen LogP contribution in [-0.2, 0) is 42.1 Å². The average Bonchev–Trinajstić information content (AvgIpc) is 3.34. The van der Waals surface area contributed by atoms with Crippen LogP contribution in [0.25, 0.3) is 0 Å². The molecule has 0 saturated carbocycles. The zero-order valence-corrected chi connectivity index (χ0v) is 18.0. The molecule has 30 heavy (non-hydrogen) atoms. The molecule has 7 nitrogen and oxygen atoms in total. The van der Waals surface area contributed by atoms with Gasteiger partial charge in [-0.05, 0) is 38.0 Å². The summed E-state index contributed by atoms with van der Waals surface area (Å²) in [6.45, 7) is 9.75. The van der Waals surface area contributed by atoms with Gasteiger partial charge in [-0.1, -0.05) is 12.1 Å². The lowest BCUT2D eigenvalue weighted by molar-refractivity contribution is -0.121. The number of amides is 1. The lowest BCUT2D eigenvalue weighted by Crippen LogP contribution is -2.37. The lowest BCUT2D eigenvalue weighted by Gasteiger charge is -2.18. The molecule has 0 aliphatic carbocycles. The van der Waals surface area contributed by atoms with Crippen LogP contribution in [0, 0.1) is 0 Å². The van der Waals surface area contributed by atoms with E-state index in [4.69, 9.17) is 14.6 Å². The summed E-state index contributed by atoms with van der Waals surface area (Å²) in [5.74, 6) is 0.915.